The standard InChI is InChI=1S/C16H12BrClF3NO4S/c1-15(24,16(19,20)21)14(23)22-13-7-6-11(8-12(13)18)27(25,26)10-4-2-9(17)3-5-10/h2-8,24H,1H3,(H,22,23)/t15-/m1/s1. The molecule has 0 aliphatic carbocycles. The number of anilines is 1. The molecule has 0 saturated heterocycles. The Bertz CT molecular complexity index is 976. The Morgan fingerprint density at radius 1 is 1.11 bits per heavy atom. The van der Waals surface area contributed by atoms with Gasteiger partial charge >= 0.3 is 6.18 Å². The molecule has 11 heteroatoms. The van der Waals surface area contributed by atoms with Crippen LogP contribution in [-0.4, -0.2) is 31.2 Å². The van der Waals surface area contributed by atoms with Gasteiger partial charge in [0.1, 0.15) is 0 Å². The number of benzene rings is 2. The molecule has 1 amide bonds. The SMILES string of the molecule is C[C@@](O)(C(=O)Nc1ccc(S(=O)(=O)c2ccc(Br)cc2)cc1Cl)C(F)(F)F. The highest BCUT2D eigenvalue weighted by atomic mass is 79.9. The van der Waals surface area contributed by atoms with Crippen LogP contribution in [0.3, 0.4) is 0 Å². The van der Waals surface area contributed by atoms with Gasteiger partial charge in [0.15, 0.2) is 0 Å². The molecule has 0 bridgehead atoms. The van der Waals surface area contributed by atoms with E-state index in [1.165, 1.54) is 24.3 Å². The number of rotatable bonds is 4. The van der Waals surface area contributed by atoms with Crippen LogP contribution in [0.4, 0.5) is 18.9 Å². The Morgan fingerprint density at radius 2 is 1.63 bits per heavy atom. The van der Waals surface area contributed by atoms with Crippen LogP contribution in [0.5, 0.6) is 0 Å². The molecule has 1 atom stereocenters. The smallest absolute Gasteiger partial charge is 0.373 e. The summed E-state index contributed by atoms with van der Waals surface area (Å²) in [6.45, 7) is 0.294. The van der Waals surface area contributed by atoms with E-state index in [0.29, 0.717) is 11.4 Å². The van der Waals surface area contributed by atoms with Gasteiger partial charge in [0.05, 0.1) is 20.5 Å². The highest BCUT2D eigenvalue weighted by molar-refractivity contribution is 9.10. The van der Waals surface area contributed by atoms with Crippen LogP contribution in [0.15, 0.2) is 56.7 Å². The number of sulfone groups is 1. The monoisotopic (exact) mass is 485 g/mol. The molecule has 0 radical (unpaired) electrons. The van der Waals surface area contributed by atoms with Crippen LogP contribution in [0, 0.1) is 0 Å². The van der Waals surface area contributed by atoms with Gasteiger partial charge in [-0.2, -0.15) is 13.2 Å². The molecule has 0 aliphatic heterocycles. The van der Waals surface area contributed by atoms with Gasteiger partial charge in [0.25, 0.3) is 5.91 Å². The number of amides is 1. The highest BCUT2D eigenvalue weighted by Crippen LogP contribution is 2.33. The third kappa shape index (κ3) is 4.45. The molecule has 2 N–H and O–H groups in total. The van der Waals surface area contributed by atoms with Crippen molar-refractivity contribution in [2.45, 2.75) is 28.5 Å². The van der Waals surface area contributed by atoms with Crippen molar-refractivity contribution in [1.82, 2.24) is 0 Å². The minimum Gasteiger partial charge on any atom is -0.373 e. The molecule has 2 aromatic rings. The molecule has 0 fully saturated rings. The third-order valence-corrected chi connectivity index (χ3v) is 6.23. The van der Waals surface area contributed by atoms with E-state index in [0.717, 1.165) is 18.2 Å². The Kier molecular flexibility index (Phi) is 5.96. The lowest BCUT2D eigenvalue weighted by atomic mass is 10.1. The number of aliphatic hydroxyl groups is 1. The molecule has 0 aromatic heterocycles. The van der Waals surface area contributed by atoms with Crippen LogP contribution < -0.4 is 5.32 Å². The van der Waals surface area contributed by atoms with Crippen molar-refractivity contribution in [3.63, 3.8) is 0 Å². The molecular weight excluding hydrogens is 475 g/mol. The molecule has 0 aliphatic rings. The van der Waals surface area contributed by atoms with Gasteiger partial charge in [0, 0.05) is 4.47 Å². The van der Waals surface area contributed by atoms with Crippen molar-refractivity contribution >= 4 is 49.0 Å². The average molecular weight is 487 g/mol. The molecule has 0 spiro atoms. The lowest BCUT2D eigenvalue weighted by Crippen LogP contribution is -2.52. The molecule has 27 heavy (non-hydrogen) atoms. The van der Waals surface area contributed by atoms with Gasteiger partial charge in [-0.3, -0.25) is 4.79 Å². The van der Waals surface area contributed by atoms with E-state index in [4.69, 9.17) is 11.6 Å². The Labute approximate surface area is 166 Å². The first-order valence-corrected chi connectivity index (χ1v) is 9.83. The van der Waals surface area contributed by atoms with Crippen LogP contribution in [0.2, 0.25) is 5.02 Å². The normalized spacial score (nSPS) is 14.5. The second-order valence-electron chi connectivity index (χ2n) is 5.62. The average Bonchev–Trinajstić information content (AvgIpc) is 2.55. The Balaban J connectivity index is 2.33. The predicted molar refractivity (Wildman–Crippen MR) is 96.4 cm³/mol. The molecule has 146 valence electrons. The zero-order chi connectivity index (χ0) is 20.6. The number of alkyl halides is 3. The number of carbonyl (C=O) groups excluding carboxylic acids is 1. The fourth-order valence-corrected chi connectivity index (χ4v) is 3.73. The van der Waals surface area contributed by atoms with E-state index in [1.807, 2.05) is 5.32 Å². The maximum Gasteiger partial charge on any atom is 0.426 e. The van der Waals surface area contributed by atoms with E-state index in [2.05, 4.69) is 15.9 Å². The summed E-state index contributed by atoms with van der Waals surface area (Å²) in [4.78, 5) is 11.5. The first-order chi connectivity index (χ1) is 12.3. The lowest BCUT2D eigenvalue weighted by molar-refractivity contribution is -0.242. The number of carbonyl (C=O) groups is 1. The second kappa shape index (κ2) is 7.42. The predicted octanol–water partition coefficient (Wildman–Crippen LogP) is 4.19. The number of nitrogens with one attached hydrogen (secondary N) is 1. The molecule has 0 heterocycles. The minimum atomic E-state index is -5.20. The van der Waals surface area contributed by atoms with Gasteiger partial charge in [-0.15, -0.1) is 0 Å². The van der Waals surface area contributed by atoms with Crippen molar-refractivity contribution in [1.29, 1.82) is 0 Å². The summed E-state index contributed by atoms with van der Waals surface area (Å²) in [6, 6.07) is 8.91. The summed E-state index contributed by atoms with van der Waals surface area (Å²) in [5, 5.41) is 10.9. The molecule has 0 unspecified atom stereocenters. The van der Waals surface area contributed by atoms with E-state index in [9.17, 15) is 31.5 Å². The molecular formula is C16H12BrClF3NO4S. The van der Waals surface area contributed by atoms with Crippen molar-refractivity contribution in [2.24, 2.45) is 0 Å². The highest BCUT2D eigenvalue weighted by Gasteiger charge is 2.55. The Morgan fingerprint density at radius 3 is 2.11 bits per heavy atom. The Hall–Kier alpha value is -1.62. The number of hydrogen-bond acceptors (Lipinski definition) is 4. The van der Waals surface area contributed by atoms with Crippen molar-refractivity contribution < 1.29 is 31.5 Å². The summed E-state index contributed by atoms with van der Waals surface area (Å²) in [7, 11) is -3.92. The van der Waals surface area contributed by atoms with Gasteiger partial charge in [-0.25, -0.2) is 8.42 Å². The summed E-state index contributed by atoms with van der Waals surface area (Å²) in [6.07, 6.45) is -5.20. The van der Waals surface area contributed by atoms with E-state index in [-0.39, 0.29) is 20.5 Å². The quantitative estimate of drug-likeness (QED) is 0.679. The molecule has 2 aromatic carbocycles. The molecule has 0 saturated carbocycles. The van der Waals surface area contributed by atoms with Crippen molar-refractivity contribution in [3.05, 3.63) is 52.0 Å². The van der Waals surface area contributed by atoms with Gasteiger partial charge in [-0.1, -0.05) is 27.5 Å². The van der Waals surface area contributed by atoms with Crippen LogP contribution in [0.1, 0.15) is 6.92 Å². The molecule has 2 rings (SSSR count). The topological polar surface area (TPSA) is 83.5 Å². The van der Waals surface area contributed by atoms with E-state index >= 15 is 0 Å². The van der Waals surface area contributed by atoms with Crippen molar-refractivity contribution in [2.75, 3.05) is 5.32 Å². The lowest BCUT2D eigenvalue weighted by Gasteiger charge is -2.25. The first-order valence-electron chi connectivity index (χ1n) is 7.17. The summed E-state index contributed by atoms with van der Waals surface area (Å²) in [5.74, 6) is -1.75. The van der Waals surface area contributed by atoms with Gasteiger partial charge < -0.3 is 10.4 Å². The van der Waals surface area contributed by atoms with Gasteiger partial charge in [0.2, 0.25) is 15.4 Å². The van der Waals surface area contributed by atoms with E-state index < -0.39 is 27.5 Å². The largest absolute Gasteiger partial charge is 0.426 e. The van der Waals surface area contributed by atoms with E-state index in [1.54, 1.807) is 0 Å². The summed E-state index contributed by atoms with van der Waals surface area (Å²) in [5.41, 5.74) is -3.92. The van der Waals surface area contributed by atoms with Crippen LogP contribution >= 0.6 is 27.5 Å². The fourth-order valence-electron chi connectivity index (χ4n) is 1.89. The zero-order valence-corrected chi connectivity index (χ0v) is 16.7. The fraction of sp³-hybridized carbons (Fsp3) is 0.188. The first kappa shape index (κ1) is 21.7. The second-order valence-corrected chi connectivity index (χ2v) is 8.90. The van der Waals surface area contributed by atoms with Crippen molar-refractivity contribution in [3.8, 4) is 0 Å². The number of halogens is 5. The summed E-state index contributed by atoms with van der Waals surface area (Å²) < 4.78 is 63.9. The minimum absolute atomic E-state index is 0.0152. The van der Waals surface area contributed by atoms with Gasteiger partial charge in [-0.05, 0) is 49.4 Å². The maximum absolute atomic E-state index is 12.7. The van der Waals surface area contributed by atoms with Crippen LogP contribution in [-0.2, 0) is 14.6 Å². The van der Waals surface area contributed by atoms with Crippen LogP contribution in [0.25, 0.3) is 0 Å². The molecule has 5 nitrogen and oxygen atoms in total. The zero-order valence-electron chi connectivity index (χ0n) is 13.5. The third-order valence-electron chi connectivity index (χ3n) is 3.62. The number of hydrogen-bond donors (Lipinski definition) is 2. The summed E-state index contributed by atoms with van der Waals surface area (Å²) >= 11 is 9.09. The maximum atomic E-state index is 12.7.